The molecule has 2 aromatic carbocycles. The third-order valence-corrected chi connectivity index (χ3v) is 5.92. The summed E-state index contributed by atoms with van der Waals surface area (Å²) >= 11 is 6.11. The number of fused-ring (bicyclic) bond motifs is 1. The Kier molecular flexibility index (Phi) is 5.13. The Labute approximate surface area is 170 Å². The monoisotopic (exact) mass is 398 g/mol. The number of hydrogen-bond acceptors (Lipinski definition) is 3. The van der Waals surface area contributed by atoms with Crippen LogP contribution in [0.15, 0.2) is 42.5 Å². The molecule has 4 rings (SSSR count). The van der Waals surface area contributed by atoms with Crippen molar-refractivity contribution in [3.63, 3.8) is 0 Å². The summed E-state index contributed by atoms with van der Waals surface area (Å²) in [4.78, 5) is 30.3. The summed E-state index contributed by atoms with van der Waals surface area (Å²) in [6.45, 7) is 8.31. The average molecular weight is 399 g/mol. The van der Waals surface area contributed by atoms with Crippen molar-refractivity contribution in [1.29, 1.82) is 0 Å². The molecule has 0 bridgehead atoms. The summed E-state index contributed by atoms with van der Waals surface area (Å²) in [7, 11) is 0. The van der Waals surface area contributed by atoms with E-state index in [1.807, 2.05) is 36.4 Å². The number of Topliss-reactive ketones (excluding diaryl/α,β-unsaturated/α-hetero) is 1. The van der Waals surface area contributed by atoms with Crippen molar-refractivity contribution < 1.29 is 14.5 Å². The Morgan fingerprint density at radius 2 is 1.82 bits per heavy atom. The van der Waals surface area contributed by atoms with Gasteiger partial charge in [0.1, 0.15) is 0 Å². The lowest BCUT2D eigenvalue weighted by Crippen LogP contribution is -3.16. The largest absolute Gasteiger partial charge is 0.360 e. The highest BCUT2D eigenvalue weighted by Gasteiger charge is 2.38. The molecule has 6 heteroatoms. The van der Waals surface area contributed by atoms with Crippen LogP contribution in [0.2, 0.25) is 5.02 Å². The van der Waals surface area contributed by atoms with E-state index in [1.54, 1.807) is 4.90 Å². The summed E-state index contributed by atoms with van der Waals surface area (Å²) < 4.78 is 0. The van der Waals surface area contributed by atoms with Crippen LogP contribution in [0.4, 0.5) is 11.4 Å². The molecule has 2 aromatic rings. The molecular formula is C22H25ClN3O2+. The molecule has 1 fully saturated rings. The van der Waals surface area contributed by atoms with E-state index < -0.39 is 5.91 Å². The van der Waals surface area contributed by atoms with Gasteiger partial charge >= 0.3 is 5.91 Å². The van der Waals surface area contributed by atoms with Gasteiger partial charge in [0, 0.05) is 10.7 Å². The lowest BCUT2D eigenvalue weighted by molar-refractivity contribution is -0.899. The van der Waals surface area contributed by atoms with Gasteiger partial charge in [0.25, 0.3) is 5.78 Å². The zero-order chi connectivity index (χ0) is 19.8. The number of carbonyl (C=O) groups is 2. The van der Waals surface area contributed by atoms with Gasteiger partial charge in [0.15, 0.2) is 6.67 Å². The van der Waals surface area contributed by atoms with Crippen molar-refractivity contribution in [3.05, 3.63) is 58.6 Å². The number of amides is 1. The van der Waals surface area contributed by atoms with Crippen LogP contribution < -0.4 is 14.7 Å². The number of benzene rings is 2. The molecule has 2 aliphatic rings. The summed E-state index contributed by atoms with van der Waals surface area (Å²) in [5.41, 5.74) is 3.52. The SMILES string of the molecule is CC(C)c1ccc2c(c1)C(=O)C(=O)N2C[NH+]1CCN(c2cccc(Cl)c2)CC1. The normalized spacial score (nSPS) is 17.6. The molecule has 2 aliphatic heterocycles. The molecule has 0 aromatic heterocycles. The summed E-state index contributed by atoms with van der Waals surface area (Å²) in [6, 6.07) is 13.7. The van der Waals surface area contributed by atoms with Crippen LogP contribution in [0.25, 0.3) is 0 Å². The first kappa shape index (κ1) is 19.0. The minimum absolute atomic E-state index is 0.326. The zero-order valence-electron chi connectivity index (χ0n) is 16.2. The first-order valence-corrected chi connectivity index (χ1v) is 10.2. The lowest BCUT2D eigenvalue weighted by atomic mass is 9.99. The molecule has 0 radical (unpaired) electrons. The molecule has 28 heavy (non-hydrogen) atoms. The second-order valence-corrected chi connectivity index (χ2v) is 8.31. The van der Waals surface area contributed by atoms with Crippen LogP contribution in [0.3, 0.4) is 0 Å². The zero-order valence-corrected chi connectivity index (χ0v) is 17.0. The van der Waals surface area contributed by atoms with Gasteiger partial charge < -0.3 is 9.80 Å². The molecule has 0 atom stereocenters. The Balaban J connectivity index is 1.45. The number of carbonyl (C=O) groups excluding carboxylic acids is 2. The number of nitrogens with zero attached hydrogens (tertiary/aromatic N) is 2. The minimum Gasteiger partial charge on any atom is -0.360 e. The lowest BCUT2D eigenvalue weighted by Gasteiger charge is -2.35. The van der Waals surface area contributed by atoms with E-state index in [1.165, 1.54) is 4.90 Å². The van der Waals surface area contributed by atoms with Gasteiger partial charge in [-0.05, 0) is 41.8 Å². The number of ketones is 1. The Bertz CT molecular complexity index is 920. The van der Waals surface area contributed by atoms with Crippen LogP contribution in [0, 0.1) is 0 Å². The van der Waals surface area contributed by atoms with Gasteiger partial charge in [-0.2, -0.15) is 0 Å². The highest BCUT2D eigenvalue weighted by molar-refractivity contribution is 6.52. The Morgan fingerprint density at radius 3 is 2.50 bits per heavy atom. The van der Waals surface area contributed by atoms with Crippen molar-refractivity contribution in [2.45, 2.75) is 19.8 Å². The number of halogens is 1. The van der Waals surface area contributed by atoms with Gasteiger partial charge in [-0.15, -0.1) is 0 Å². The third-order valence-electron chi connectivity index (χ3n) is 5.69. The third kappa shape index (κ3) is 3.52. The average Bonchev–Trinajstić information content (AvgIpc) is 2.93. The number of hydrogen-bond donors (Lipinski definition) is 1. The fourth-order valence-electron chi connectivity index (χ4n) is 3.97. The van der Waals surface area contributed by atoms with Gasteiger partial charge in [-0.25, -0.2) is 0 Å². The molecule has 0 unspecified atom stereocenters. The minimum atomic E-state index is -0.402. The molecule has 2 heterocycles. The van der Waals surface area contributed by atoms with E-state index in [0.29, 0.717) is 18.2 Å². The second-order valence-electron chi connectivity index (χ2n) is 7.87. The number of nitrogens with one attached hydrogen (secondary N) is 1. The fraction of sp³-hybridized carbons (Fsp3) is 0.364. The molecule has 0 aliphatic carbocycles. The Morgan fingerprint density at radius 1 is 1.07 bits per heavy atom. The quantitative estimate of drug-likeness (QED) is 0.804. The smallest absolute Gasteiger partial charge is 0.303 e. The molecule has 0 spiro atoms. The Hall–Kier alpha value is -2.37. The van der Waals surface area contributed by atoms with Crippen molar-refractivity contribution in [3.8, 4) is 0 Å². The topological polar surface area (TPSA) is 45.1 Å². The maximum Gasteiger partial charge on any atom is 0.303 e. The van der Waals surface area contributed by atoms with E-state index in [-0.39, 0.29) is 5.78 Å². The second kappa shape index (κ2) is 7.57. The van der Waals surface area contributed by atoms with Crippen LogP contribution >= 0.6 is 11.6 Å². The number of quaternary nitrogens is 1. The predicted molar refractivity (Wildman–Crippen MR) is 112 cm³/mol. The number of rotatable bonds is 4. The molecule has 146 valence electrons. The van der Waals surface area contributed by atoms with Crippen molar-refractivity contribution in [1.82, 2.24) is 0 Å². The summed E-state index contributed by atoms with van der Waals surface area (Å²) in [6.07, 6.45) is 0. The molecule has 5 nitrogen and oxygen atoms in total. The van der Waals surface area contributed by atoms with Crippen LogP contribution in [0.1, 0.15) is 35.7 Å². The van der Waals surface area contributed by atoms with Crippen LogP contribution in [-0.2, 0) is 4.79 Å². The number of anilines is 2. The van der Waals surface area contributed by atoms with Gasteiger partial charge in [0.2, 0.25) is 0 Å². The van der Waals surface area contributed by atoms with Crippen molar-refractivity contribution >= 4 is 34.7 Å². The van der Waals surface area contributed by atoms with Gasteiger partial charge in [0.05, 0.1) is 37.4 Å². The molecule has 1 N–H and O–H groups in total. The fourth-order valence-corrected chi connectivity index (χ4v) is 4.15. The van der Waals surface area contributed by atoms with Crippen LogP contribution in [0.5, 0.6) is 0 Å². The van der Waals surface area contributed by atoms with Crippen molar-refractivity contribution in [2.75, 3.05) is 42.6 Å². The van der Waals surface area contributed by atoms with E-state index in [9.17, 15) is 9.59 Å². The highest BCUT2D eigenvalue weighted by atomic mass is 35.5. The van der Waals surface area contributed by atoms with Gasteiger partial charge in [-0.3, -0.25) is 14.5 Å². The van der Waals surface area contributed by atoms with E-state index in [2.05, 4.69) is 24.8 Å². The first-order chi connectivity index (χ1) is 13.4. The van der Waals surface area contributed by atoms with E-state index in [4.69, 9.17) is 11.6 Å². The highest BCUT2D eigenvalue weighted by Crippen LogP contribution is 2.31. The summed E-state index contributed by atoms with van der Waals surface area (Å²) in [5.74, 6) is -0.456. The van der Waals surface area contributed by atoms with Crippen molar-refractivity contribution in [2.24, 2.45) is 0 Å². The first-order valence-electron chi connectivity index (χ1n) is 9.78. The number of piperazine rings is 1. The molecular weight excluding hydrogens is 374 g/mol. The maximum absolute atomic E-state index is 12.6. The van der Waals surface area contributed by atoms with E-state index >= 15 is 0 Å². The predicted octanol–water partition coefficient (Wildman–Crippen LogP) is 2.36. The molecule has 1 saturated heterocycles. The van der Waals surface area contributed by atoms with Gasteiger partial charge in [-0.1, -0.05) is 37.6 Å². The molecule has 1 amide bonds. The van der Waals surface area contributed by atoms with Crippen LogP contribution in [-0.4, -0.2) is 44.5 Å². The van der Waals surface area contributed by atoms with E-state index in [0.717, 1.165) is 48.1 Å². The standard InChI is InChI=1S/C22H24ClN3O2/c1-15(2)16-6-7-20-19(12-16)21(27)22(28)26(20)14-24-8-10-25(11-9-24)18-5-3-4-17(23)13-18/h3-7,12-13,15H,8-11,14H2,1-2H3/p+1. The maximum atomic E-state index is 12.6. The summed E-state index contributed by atoms with van der Waals surface area (Å²) in [5, 5.41) is 0.742. The molecule has 0 saturated carbocycles.